The van der Waals surface area contributed by atoms with E-state index < -0.39 is 23.5 Å². The number of rotatable bonds is 4. The van der Waals surface area contributed by atoms with E-state index in [1.54, 1.807) is 31.4 Å². The molecule has 3 rings (SSSR count). The van der Waals surface area contributed by atoms with Crippen LogP contribution in [-0.4, -0.2) is 25.5 Å². The summed E-state index contributed by atoms with van der Waals surface area (Å²) >= 11 is 0. The zero-order chi connectivity index (χ0) is 18.0. The van der Waals surface area contributed by atoms with Crippen molar-refractivity contribution >= 4 is 23.2 Å². The van der Waals surface area contributed by atoms with Crippen molar-refractivity contribution in [1.82, 2.24) is 0 Å². The molecule has 1 atom stereocenters. The lowest BCUT2D eigenvalue weighted by molar-refractivity contribution is -0.122. The van der Waals surface area contributed by atoms with E-state index in [0.717, 1.165) is 18.2 Å². The first-order chi connectivity index (χ1) is 12.0. The van der Waals surface area contributed by atoms with Crippen molar-refractivity contribution in [3.63, 3.8) is 0 Å². The zero-order valence-corrected chi connectivity index (χ0v) is 13.5. The first kappa shape index (κ1) is 16.9. The highest BCUT2D eigenvalue weighted by molar-refractivity contribution is 6.03. The van der Waals surface area contributed by atoms with Crippen molar-refractivity contribution in [3.8, 4) is 5.75 Å². The average Bonchev–Trinajstić information content (AvgIpc) is 3.00. The zero-order valence-electron chi connectivity index (χ0n) is 13.5. The number of carbonyl (C=O) groups excluding carboxylic acids is 2. The van der Waals surface area contributed by atoms with Crippen molar-refractivity contribution in [2.75, 3.05) is 23.9 Å². The van der Waals surface area contributed by atoms with Crippen LogP contribution in [0.25, 0.3) is 0 Å². The number of hydrogen-bond acceptors (Lipinski definition) is 3. The Bertz CT molecular complexity index is 808. The molecule has 1 N–H and O–H groups in total. The molecule has 1 saturated heterocycles. The molecule has 1 aliphatic rings. The van der Waals surface area contributed by atoms with Gasteiger partial charge in [-0.15, -0.1) is 0 Å². The van der Waals surface area contributed by atoms with E-state index in [0.29, 0.717) is 11.4 Å². The van der Waals surface area contributed by atoms with Crippen molar-refractivity contribution in [3.05, 3.63) is 54.1 Å². The van der Waals surface area contributed by atoms with Gasteiger partial charge in [0, 0.05) is 24.7 Å². The Morgan fingerprint density at radius 2 is 1.92 bits per heavy atom. The summed E-state index contributed by atoms with van der Waals surface area (Å²) in [5, 5.41) is 2.35. The summed E-state index contributed by atoms with van der Waals surface area (Å²) in [5.41, 5.74) is 0.415. The molecule has 7 heteroatoms. The number of benzene rings is 2. The number of nitrogens with one attached hydrogen (secondary N) is 1. The van der Waals surface area contributed by atoms with Gasteiger partial charge in [-0.05, 0) is 36.4 Å². The van der Waals surface area contributed by atoms with E-state index in [1.165, 1.54) is 4.90 Å². The fourth-order valence-electron chi connectivity index (χ4n) is 2.72. The summed E-state index contributed by atoms with van der Waals surface area (Å²) in [6, 6.07) is 9.71. The summed E-state index contributed by atoms with van der Waals surface area (Å²) in [6.45, 7) is 0.175. The van der Waals surface area contributed by atoms with Crippen molar-refractivity contribution < 1.29 is 23.1 Å². The number of methoxy groups -OCH3 is 1. The smallest absolute Gasteiger partial charge is 0.229 e. The molecule has 0 aliphatic carbocycles. The number of nitrogens with zero attached hydrogens (tertiary/aromatic N) is 1. The molecule has 0 saturated carbocycles. The van der Waals surface area contributed by atoms with E-state index in [1.807, 2.05) is 0 Å². The lowest BCUT2D eigenvalue weighted by Crippen LogP contribution is -2.28. The molecule has 1 fully saturated rings. The minimum absolute atomic E-state index is 0.00873. The third kappa shape index (κ3) is 3.60. The van der Waals surface area contributed by atoms with Crippen molar-refractivity contribution in [1.29, 1.82) is 0 Å². The molecule has 130 valence electrons. The molecule has 25 heavy (non-hydrogen) atoms. The van der Waals surface area contributed by atoms with E-state index in [-0.39, 0.29) is 24.6 Å². The number of hydrogen-bond donors (Lipinski definition) is 1. The van der Waals surface area contributed by atoms with Crippen LogP contribution < -0.4 is 15.0 Å². The van der Waals surface area contributed by atoms with Gasteiger partial charge in [-0.1, -0.05) is 0 Å². The molecule has 0 bridgehead atoms. The summed E-state index contributed by atoms with van der Waals surface area (Å²) in [5.74, 6) is -2.09. The van der Waals surface area contributed by atoms with Gasteiger partial charge in [0.1, 0.15) is 17.4 Å². The molecule has 1 heterocycles. The lowest BCUT2D eigenvalue weighted by atomic mass is 10.1. The Labute approximate surface area is 143 Å². The molecular weight excluding hydrogens is 330 g/mol. The summed E-state index contributed by atoms with van der Waals surface area (Å²) < 4.78 is 31.9. The predicted molar refractivity (Wildman–Crippen MR) is 88.4 cm³/mol. The first-order valence-corrected chi connectivity index (χ1v) is 7.68. The molecule has 1 unspecified atom stereocenters. The third-order valence-corrected chi connectivity index (χ3v) is 4.07. The SMILES string of the molecule is COc1ccc(N2CC(C(=O)Nc3cc(F)ccc3F)CC2=O)cc1. The Morgan fingerprint density at radius 1 is 1.20 bits per heavy atom. The molecule has 2 aromatic carbocycles. The standard InChI is InChI=1S/C18H16F2N2O3/c1-25-14-5-3-13(4-6-14)22-10-11(8-17(22)23)18(24)21-16-9-12(19)2-7-15(16)20/h2-7,9,11H,8,10H2,1H3,(H,21,24). The van der Waals surface area contributed by atoms with E-state index in [4.69, 9.17) is 4.74 Å². The van der Waals surface area contributed by atoms with Gasteiger partial charge in [0.2, 0.25) is 11.8 Å². The van der Waals surface area contributed by atoms with Crippen LogP contribution in [0.4, 0.5) is 20.2 Å². The highest BCUT2D eigenvalue weighted by Gasteiger charge is 2.35. The second-order valence-electron chi connectivity index (χ2n) is 5.72. The average molecular weight is 346 g/mol. The summed E-state index contributed by atoms with van der Waals surface area (Å²) in [6.07, 6.45) is 0.00873. The van der Waals surface area contributed by atoms with Gasteiger partial charge in [0.25, 0.3) is 0 Å². The fourth-order valence-corrected chi connectivity index (χ4v) is 2.72. The normalized spacial score (nSPS) is 16.8. The van der Waals surface area contributed by atoms with Gasteiger partial charge in [-0.25, -0.2) is 8.78 Å². The van der Waals surface area contributed by atoms with Gasteiger partial charge in [-0.2, -0.15) is 0 Å². The minimum Gasteiger partial charge on any atom is -0.497 e. The lowest BCUT2D eigenvalue weighted by Gasteiger charge is -2.17. The summed E-state index contributed by atoms with van der Waals surface area (Å²) in [7, 11) is 1.54. The van der Waals surface area contributed by atoms with Crippen LogP contribution in [0.15, 0.2) is 42.5 Å². The number of halogens is 2. The number of carbonyl (C=O) groups is 2. The topological polar surface area (TPSA) is 58.6 Å². The molecule has 2 aromatic rings. The highest BCUT2D eigenvalue weighted by atomic mass is 19.1. The van der Waals surface area contributed by atoms with Gasteiger partial charge >= 0.3 is 0 Å². The summed E-state index contributed by atoms with van der Waals surface area (Å²) in [4.78, 5) is 26.0. The molecule has 1 aliphatic heterocycles. The highest BCUT2D eigenvalue weighted by Crippen LogP contribution is 2.28. The molecule has 0 aromatic heterocycles. The second kappa shape index (κ2) is 6.88. The number of anilines is 2. The van der Waals surface area contributed by atoms with Gasteiger partial charge in [0.05, 0.1) is 18.7 Å². The molecular formula is C18H16F2N2O3. The maximum Gasteiger partial charge on any atom is 0.229 e. The Balaban J connectivity index is 1.70. The van der Waals surface area contributed by atoms with Crippen molar-refractivity contribution in [2.24, 2.45) is 5.92 Å². The maximum atomic E-state index is 13.6. The monoisotopic (exact) mass is 346 g/mol. The van der Waals surface area contributed by atoms with Gasteiger partial charge in [0.15, 0.2) is 0 Å². The van der Waals surface area contributed by atoms with Crippen LogP contribution in [0.2, 0.25) is 0 Å². The van der Waals surface area contributed by atoms with E-state index >= 15 is 0 Å². The quantitative estimate of drug-likeness (QED) is 0.926. The second-order valence-corrected chi connectivity index (χ2v) is 5.72. The maximum absolute atomic E-state index is 13.6. The first-order valence-electron chi connectivity index (χ1n) is 7.68. The van der Waals surface area contributed by atoms with Crippen LogP contribution in [0, 0.1) is 17.6 Å². The van der Waals surface area contributed by atoms with Gasteiger partial charge in [-0.3, -0.25) is 9.59 Å². The molecule has 0 spiro atoms. The molecule has 2 amide bonds. The Hall–Kier alpha value is -2.96. The Kier molecular flexibility index (Phi) is 4.65. The van der Waals surface area contributed by atoms with Crippen LogP contribution in [-0.2, 0) is 9.59 Å². The van der Waals surface area contributed by atoms with Crippen LogP contribution >= 0.6 is 0 Å². The van der Waals surface area contributed by atoms with Gasteiger partial charge < -0.3 is 15.0 Å². The molecule has 0 radical (unpaired) electrons. The predicted octanol–water partition coefficient (Wildman–Crippen LogP) is 2.97. The number of ether oxygens (including phenoxy) is 1. The Morgan fingerprint density at radius 3 is 2.60 bits per heavy atom. The van der Waals surface area contributed by atoms with E-state index in [9.17, 15) is 18.4 Å². The largest absolute Gasteiger partial charge is 0.497 e. The minimum atomic E-state index is -0.730. The number of amides is 2. The fraction of sp³-hybridized carbons (Fsp3) is 0.222. The third-order valence-electron chi connectivity index (χ3n) is 4.07. The molecule has 5 nitrogen and oxygen atoms in total. The van der Waals surface area contributed by atoms with Crippen LogP contribution in [0.1, 0.15) is 6.42 Å². The van der Waals surface area contributed by atoms with Crippen LogP contribution in [0.3, 0.4) is 0 Å². The van der Waals surface area contributed by atoms with Crippen molar-refractivity contribution in [2.45, 2.75) is 6.42 Å². The van der Waals surface area contributed by atoms with E-state index in [2.05, 4.69) is 5.32 Å². The van der Waals surface area contributed by atoms with Crippen LogP contribution in [0.5, 0.6) is 5.75 Å².